The molecule has 1 heterocycles. The predicted octanol–water partition coefficient (Wildman–Crippen LogP) is 4.24. The minimum absolute atomic E-state index is 0.287. The quantitative estimate of drug-likeness (QED) is 0.715. The monoisotopic (exact) mass is 266 g/mol. The minimum Gasteiger partial charge on any atom is -0.398 e. The van der Waals surface area contributed by atoms with Crippen molar-refractivity contribution in [3.63, 3.8) is 0 Å². The van der Waals surface area contributed by atoms with Gasteiger partial charge in [-0.05, 0) is 31.0 Å². The third-order valence-corrected chi connectivity index (χ3v) is 3.59. The second-order valence-corrected chi connectivity index (χ2v) is 4.98. The molecule has 0 amide bonds. The van der Waals surface area contributed by atoms with Crippen molar-refractivity contribution in [3.8, 4) is 11.3 Å². The molecule has 3 heteroatoms. The number of nitrogens with two attached hydrogens (primary N) is 1. The number of rotatable bonds is 1. The number of pyridine rings is 1. The molecule has 0 atom stereocenters. The molecule has 0 unspecified atom stereocenters. The molecule has 0 spiro atoms. The van der Waals surface area contributed by atoms with Crippen molar-refractivity contribution in [2.24, 2.45) is 0 Å². The van der Waals surface area contributed by atoms with Gasteiger partial charge in [-0.2, -0.15) is 0 Å². The molecular weight excluding hydrogens is 251 g/mol. The van der Waals surface area contributed by atoms with Crippen molar-refractivity contribution in [3.05, 3.63) is 59.4 Å². The Morgan fingerprint density at radius 1 is 1.05 bits per heavy atom. The molecule has 0 aliphatic heterocycles. The molecule has 0 bridgehead atoms. The average Bonchev–Trinajstić information content (AvgIpc) is 2.43. The van der Waals surface area contributed by atoms with Gasteiger partial charge in [0.15, 0.2) is 0 Å². The molecule has 20 heavy (non-hydrogen) atoms. The number of anilines is 1. The lowest BCUT2D eigenvalue weighted by atomic mass is 9.99. The van der Waals surface area contributed by atoms with Crippen LogP contribution in [0.15, 0.2) is 42.5 Å². The Balaban J connectivity index is 2.39. The molecular formula is C17H15FN2. The molecule has 3 aromatic rings. The first kappa shape index (κ1) is 12.6. The molecule has 0 aliphatic carbocycles. The molecule has 2 nitrogen and oxygen atoms in total. The predicted molar refractivity (Wildman–Crippen MR) is 81.0 cm³/mol. The van der Waals surface area contributed by atoms with Crippen LogP contribution in [0.2, 0.25) is 0 Å². The van der Waals surface area contributed by atoms with Crippen molar-refractivity contribution in [2.75, 3.05) is 5.73 Å². The van der Waals surface area contributed by atoms with Crippen molar-refractivity contribution in [1.29, 1.82) is 0 Å². The minimum atomic E-state index is -0.287. The molecule has 1 aromatic heterocycles. The van der Waals surface area contributed by atoms with E-state index in [4.69, 9.17) is 5.73 Å². The smallest absolute Gasteiger partial charge is 0.125 e. The van der Waals surface area contributed by atoms with E-state index in [0.29, 0.717) is 11.2 Å². The van der Waals surface area contributed by atoms with E-state index in [-0.39, 0.29) is 5.82 Å². The second-order valence-electron chi connectivity index (χ2n) is 4.98. The Morgan fingerprint density at radius 2 is 1.75 bits per heavy atom. The molecule has 2 N–H and O–H groups in total. The van der Waals surface area contributed by atoms with Crippen LogP contribution in [0.4, 0.5) is 10.1 Å². The Kier molecular flexibility index (Phi) is 2.90. The van der Waals surface area contributed by atoms with Crippen LogP contribution in [-0.2, 0) is 0 Å². The second kappa shape index (κ2) is 4.60. The Bertz CT molecular complexity index is 795. The van der Waals surface area contributed by atoms with Crippen molar-refractivity contribution in [2.45, 2.75) is 13.8 Å². The van der Waals surface area contributed by atoms with Gasteiger partial charge in [0.1, 0.15) is 5.82 Å². The van der Waals surface area contributed by atoms with Gasteiger partial charge in [0, 0.05) is 22.7 Å². The Morgan fingerprint density at radius 3 is 2.45 bits per heavy atom. The van der Waals surface area contributed by atoms with Crippen LogP contribution < -0.4 is 5.73 Å². The summed E-state index contributed by atoms with van der Waals surface area (Å²) in [4.78, 5) is 4.61. The fraction of sp³-hybridized carbons (Fsp3) is 0.118. The highest BCUT2D eigenvalue weighted by Crippen LogP contribution is 2.33. The standard InChI is InChI=1S/C17H15FN2/c1-10-8-13(18)9-14-15(10)16(19)11(2)17(20-14)12-6-4-3-5-7-12/h3-9H,1-2H3,(H2,19,20). The Labute approximate surface area is 117 Å². The summed E-state index contributed by atoms with van der Waals surface area (Å²) < 4.78 is 13.6. The zero-order valence-electron chi connectivity index (χ0n) is 11.4. The molecule has 0 saturated heterocycles. The van der Waals surface area contributed by atoms with E-state index < -0.39 is 0 Å². The third kappa shape index (κ3) is 1.92. The highest BCUT2D eigenvalue weighted by molar-refractivity contribution is 5.97. The summed E-state index contributed by atoms with van der Waals surface area (Å²) in [6, 6.07) is 12.7. The van der Waals surface area contributed by atoms with Gasteiger partial charge < -0.3 is 5.73 Å². The highest BCUT2D eigenvalue weighted by atomic mass is 19.1. The summed E-state index contributed by atoms with van der Waals surface area (Å²) in [5.74, 6) is -0.287. The lowest BCUT2D eigenvalue weighted by Crippen LogP contribution is -2.00. The topological polar surface area (TPSA) is 38.9 Å². The number of hydrogen-bond donors (Lipinski definition) is 1. The van der Waals surface area contributed by atoms with Gasteiger partial charge in [0.25, 0.3) is 0 Å². The van der Waals surface area contributed by atoms with Crippen LogP contribution in [0.5, 0.6) is 0 Å². The summed E-state index contributed by atoms with van der Waals surface area (Å²) in [5, 5.41) is 0.837. The molecule has 3 rings (SSSR count). The highest BCUT2D eigenvalue weighted by Gasteiger charge is 2.13. The van der Waals surface area contributed by atoms with Gasteiger partial charge >= 0.3 is 0 Å². The molecule has 100 valence electrons. The van der Waals surface area contributed by atoms with E-state index in [9.17, 15) is 4.39 Å². The van der Waals surface area contributed by atoms with Gasteiger partial charge in [-0.15, -0.1) is 0 Å². The van der Waals surface area contributed by atoms with Crippen LogP contribution in [0, 0.1) is 19.7 Å². The van der Waals surface area contributed by atoms with Crippen LogP contribution >= 0.6 is 0 Å². The first-order valence-corrected chi connectivity index (χ1v) is 6.49. The maximum atomic E-state index is 13.6. The zero-order valence-corrected chi connectivity index (χ0v) is 11.4. The van der Waals surface area contributed by atoms with E-state index in [0.717, 1.165) is 27.8 Å². The molecule has 0 aliphatic rings. The van der Waals surface area contributed by atoms with Gasteiger partial charge in [-0.3, -0.25) is 0 Å². The first-order chi connectivity index (χ1) is 9.58. The maximum Gasteiger partial charge on any atom is 0.125 e. The molecule has 2 aromatic carbocycles. The van der Waals surface area contributed by atoms with E-state index >= 15 is 0 Å². The number of aryl methyl sites for hydroxylation is 1. The maximum absolute atomic E-state index is 13.6. The number of nitrogen functional groups attached to an aromatic ring is 1. The summed E-state index contributed by atoms with van der Waals surface area (Å²) in [6.07, 6.45) is 0. The number of aromatic nitrogens is 1. The molecule has 0 radical (unpaired) electrons. The molecule has 0 saturated carbocycles. The Hall–Kier alpha value is -2.42. The normalized spacial score (nSPS) is 10.9. The van der Waals surface area contributed by atoms with Crippen LogP contribution in [0.3, 0.4) is 0 Å². The third-order valence-electron chi connectivity index (χ3n) is 3.59. The summed E-state index contributed by atoms with van der Waals surface area (Å²) in [5.41, 5.74) is 11.1. The number of fused-ring (bicyclic) bond motifs is 1. The van der Waals surface area contributed by atoms with Crippen LogP contribution in [0.1, 0.15) is 11.1 Å². The van der Waals surface area contributed by atoms with Crippen molar-refractivity contribution < 1.29 is 4.39 Å². The zero-order chi connectivity index (χ0) is 14.3. The fourth-order valence-electron chi connectivity index (χ4n) is 2.56. The summed E-state index contributed by atoms with van der Waals surface area (Å²) >= 11 is 0. The van der Waals surface area contributed by atoms with Gasteiger partial charge in [0.05, 0.1) is 11.2 Å². The van der Waals surface area contributed by atoms with Gasteiger partial charge in [0.2, 0.25) is 0 Å². The number of benzene rings is 2. The summed E-state index contributed by atoms with van der Waals surface area (Å²) in [7, 11) is 0. The van der Waals surface area contributed by atoms with Crippen LogP contribution in [-0.4, -0.2) is 4.98 Å². The first-order valence-electron chi connectivity index (χ1n) is 6.49. The number of halogens is 1. The fourth-order valence-corrected chi connectivity index (χ4v) is 2.56. The van der Waals surface area contributed by atoms with Gasteiger partial charge in [-0.25, -0.2) is 9.37 Å². The largest absolute Gasteiger partial charge is 0.398 e. The van der Waals surface area contributed by atoms with Crippen molar-refractivity contribution in [1.82, 2.24) is 4.98 Å². The van der Waals surface area contributed by atoms with E-state index in [1.165, 1.54) is 12.1 Å². The lowest BCUT2D eigenvalue weighted by Gasteiger charge is -2.13. The van der Waals surface area contributed by atoms with Crippen LogP contribution in [0.25, 0.3) is 22.2 Å². The number of nitrogens with zero attached hydrogens (tertiary/aromatic N) is 1. The van der Waals surface area contributed by atoms with E-state index in [1.807, 2.05) is 44.2 Å². The number of hydrogen-bond acceptors (Lipinski definition) is 2. The van der Waals surface area contributed by atoms with Gasteiger partial charge in [-0.1, -0.05) is 30.3 Å². The average molecular weight is 266 g/mol. The van der Waals surface area contributed by atoms with Crippen molar-refractivity contribution >= 4 is 16.6 Å². The summed E-state index contributed by atoms with van der Waals surface area (Å²) in [6.45, 7) is 3.80. The molecule has 0 fully saturated rings. The SMILES string of the molecule is Cc1c(-c2ccccc2)nc2cc(F)cc(C)c2c1N. The van der Waals surface area contributed by atoms with E-state index in [2.05, 4.69) is 4.98 Å². The lowest BCUT2D eigenvalue weighted by molar-refractivity contribution is 0.628. The van der Waals surface area contributed by atoms with E-state index in [1.54, 1.807) is 0 Å².